The summed E-state index contributed by atoms with van der Waals surface area (Å²) in [6.45, 7) is 3.51. The summed E-state index contributed by atoms with van der Waals surface area (Å²) in [5, 5.41) is 10.2. The molecule has 2 N–H and O–H groups in total. The Labute approximate surface area is 138 Å². The van der Waals surface area contributed by atoms with Crippen molar-refractivity contribution in [2.75, 3.05) is 17.6 Å². The number of amides is 1. The van der Waals surface area contributed by atoms with Crippen LogP contribution in [0.15, 0.2) is 36.4 Å². The summed E-state index contributed by atoms with van der Waals surface area (Å²) in [6, 6.07) is 3.55. The van der Waals surface area contributed by atoms with Gasteiger partial charge in [-0.2, -0.15) is 0 Å². The van der Waals surface area contributed by atoms with Gasteiger partial charge in [-0.1, -0.05) is 23.4 Å². The van der Waals surface area contributed by atoms with E-state index in [-0.39, 0.29) is 27.6 Å². The number of carbonyl (C=O) groups excluding carboxylic acids is 2. The first-order chi connectivity index (χ1) is 10.5. The smallest absolute Gasteiger partial charge is 0.237 e. The average Bonchev–Trinajstić information content (AvgIpc) is 2.49. The number of carbonyl (C=O) groups is 2. The molecule has 6 nitrogen and oxygen atoms in total. The third-order valence-corrected chi connectivity index (χ3v) is 3.56. The van der Waals surface area contributed by atoms with E-state index in [2.05, 4.69) is 10.3 Å². The van der Waals surface area contributed by atoms with Gasteiger partial charge in [0.15, 0.2) is 5.12 Å². The van der Waals surface area contributed by atoms with E-state index in [1.165, 1.54) is 18.0 Å². The molecule has 1 aromatic heterocycles. The molecule has 0 spiro atoms. The zero-order chi connectivity index (χ0) is 16.5. The van der Waals surface area contributed by atoms with Gasteiger partial charge in [-0.3, -0.25) is 20.0 Å². The highest BCUT2D eigenvalue weighted by atomic mass is 35.5. The van der Waals surface area contributed by atoms with Crippen molar-refractivity contribution in [2.45, 2.75) is 13.8 Å². The van der Waals surface area contributed by atoms with Crippen molar-refractivity contribution in [3.63, 3.8) is 0 Å². The number of rotatable bonds is 7. The molecule has 0 bridgehead atoms. The Balaban J connectivity index is 2.88. The Morgan fingerprint density at radius 3 is 2.77 bits per heavy atom. The van der Waals surface area contributed by atoms with Crippen molar-refractivity contribution in [1.29, 1.82) is 5.41 Å². The lowest BCUT2D eigenvalue weighted by Gasteiger charge is -2.22. The number of anilines is 1. The van der Waals surface area contributed by atoms with Crippen LogP contribution in [0.2, 0.25) is 0 Å². The van der Waals surface area contributed by atoms with E-state index in [1.807, 2.05) is 0 Å². The van der Waals surface area contributed by atoms with Gasteiger partial charge in [0.05, 0.1) is 23.3 Å². The molecule has 118 valence electrons. The molecule has 1 rings (SSSR count). The summed E-state index contributed by atoms with van der Waals surface area (Å²) in [5.41, 5.74) is 0.946. The third kappa shape index (κ3) is 5.87. The quantitative estimate of drug-likeness (QED) is 0.745. The molecule has 0 atom stereocenters. The van der Waals surface area contributed by atoms with Crippen LogP contribution < -0.4 is 5.32 Å². The van der Waals surface area contributed by atoms with Gasteiger partial charge in [0.1, 0.15) is 5.17 Å². The van der Waals surface area contributed by atoms with Gasteiger partial charge < -0.3 is 10.2 Å². The number of hydrogen-bond donors (Lipinski definition) is 2. The fraction of sp³-hybridized carbons (Fsp3) is 0.286. The lowest BCUT2D eigenvalue weighted by atomic mass is 10.3. The molecule has 8 heteroatoms. The molecule has 0 unspecified atom stereocenters. The van der Waals surface area contributed by atoms with Gasteiger partial charge in [0, 0.05) is 25.9 Å². The highest BCUT2D eigenvalue weighted by molar-refractivity contribution is 8.14. The molecule has 1 aromatic rings. The maximum Gasteiger partial charge on any atom is 0.237 e. The van der Waals surface area contributed by atoms with E-state index >= 15 is 0 Å². The molecule has 0 radical (unpaired) electrons. The van der Waals surface area contributed by atoms with Crippen molar-refractivity contribution >= 4 is 45.2 Å². The van der Waals surface area contributed by atoms with Crippen LogP contribution in [0.4, 0.5) is 5.69 Å². The van der Waals surface area contributed by atoms with Crippen molar-refractivity contribution in [2.24, 2.45) is 0 Å². The number of hydrogen-bond acceptors (Lipinski definition) is 6. The van der Waals surface area contributed by atoms with Crippen molar-refractivity contribution in [1.82, 2.24) is 9.88 Å². The highest BCUT2D eigenvalue weighted by Gasteiger charge is 2.19. The van der Waals surface area contributed by atoms with E-state index in [0.717, 1.165) is 11.8 Å². The molecular formula is C14H17ClN4O2S. The zero-order valence-corrected chi connectivity index (χ0v) is 13.9. The monoisotopic (exact) mass is 340 g/mol. The van der Waals surface area contributed by atoms with Gasteiger partial charge in [-0.15, -0.1) is 0 Å². The first kappa shape index (κ1) is 18.2. The van der Waals surface area contributed by atoms with Crippen molar-refractivity contribution < 1.29 is 9.59 Å². The Morgan fingerprint density at radius 2 is 2.27 bits per heavy atom. The third-order valence-electron chi connectivity index (χ3n) is 2.57. The second-order valence-corrected chi connectivity index (χ2v) is 5.68. The van der Waals surface area contributed by atoms with Crippen molar-refractivity contribution in [3.8, 4) is 0 Å². The maximum atomic E-state index is 12.2. The zero-order valence-electron chi connectivity index (χ0n) is 12.3. The van der Waals surface area contributed by atoms with Crippen LogP contribution in [0.5, 0.6) is 0 Å². The summed E-state index contributed by atoms with van der Waals surface area (Å²) in [5.74, 6) is -0.273. The van der Waals surface area contributed by atoms with E-state index in [1.54, 1.807) is 31.5 Å². The van der Waals surface area contributed by atoms with Crippen LogP contribution in [-0.2, 0) is 9.59 Å². The van der Waals surface area contributed by atoms with Crippen LogP contribution in [0.3, 0.4) is 0 Å². The standard InChI is InChI=1S/C14H17ClN4O2S/c1-3-19(13(21)9-22-10(2)20)12(14(15)16)8-18-11-5-4-6-17-7-11/h4-8,16,18H,3,9H2,1-2H3. The average molecular weight is 341 g/mol. The summed E-state index contributed by atoms with van der Waals surface area (Å²) >= 11 is 6.71. The predicted octanol–water partition coefficient (Wildman–Crippen LogP) is 2.68. The summed E-state index contributed by atoms with van der Waals surface area (Å²) in [4.78, 5) is 28.4. The molecule has 0 aromatic carbocycles. The normalized spacial score (nSPS) is 11.0. The summed E-state index contributed by atoms with van der Waals surface area (Å²) in [7, 11) is 0. The van der Waals surface area contributed by atoms with E-state index in [0.29, 0.717) is 12.2 Å². The summed E-state index contributed by atoms with van der Waals surface area (Å²) < 4.78 is 0. The molecule has 1 heterocycles. The molecule has 0 aliphatic heterocycles. The van der Waals surface area contributed by atoms with Crippen LogP contribution in [0.25, 0.3) is 0 Å². The van der Waals surface area contributed by atoms with Gasteiger partial charge in [-0.05, 0) is 19.1 Å². The molecule has 0 aliphatic rings. The minimum Gasteiger partial charge on any atom is -0.358 e. The number of thioether (sulfide) groups is 1. The SMILES string of the molecule is CCN(C(=O)CSC(C)=O)C(=CNc1cccnc1)C(=N)Cl. The molecule has 0 aliphatic carbocycles. The number of halogens is 1. The number of nitrogens with zero attached hydrogens (tertiary/aromatic N) is 2. The minimum atomic E-state index is -0.285. The number of aromatic nitrogens is 1. The molecule has 0 saturated heterocycles. The Hall–Kier alpha value is -1.86. The molecule has 1 amide bonds. The van der Waals surface area contributed by atoms with Crippen LogP contribution >= 0.6 is 23.4 Å². The molecule has 0 saturated carbocycles. The first-order valence-electron chi connectivity index (χ1n) is 6.50. The van der Waals surface area contributed by atoms with Crippen LogP contribution in [0, 0.1) is 5.41 Å². The Kier molecular flexibility index (Phi) is 7.62. The van der Waals surface area contributed by atoms with E-state index in [4.69, 9.17) is 17.0 Å². The second kappa shape index (κ2) is 9.22. The topological polar surface area (TPSA) is 86.2 Å². The Morgan fingerprint density at radius 1 is 1.55 bits per heavy atom. The van der Waals surface area contributed by atoms with Gasteiger partial charge >= 0.3 is 0 Å². The maximum absolute atomic E-state index is 12.2. The second-order valence-electron chi connectivity index (χ2n) is 4.15. The highest BCUT2D eigenvalue weighted by Crippen LogP contribution is 2.14. The lowest BCUT2D eigenvalue weighted by Crippen LogP contribution is -2.34. The Bertz CT molecular complexity index is 577. The van der Waals surface area contributed by atoms with Crippen LogP contribution in [-0.4, -0.2) is 38.4 Å². The summed E-state index contributed by atoms with van der Waals surface area (Å²) in [6.07, 6.45) is 4.72. The van der Waals surface area contributed by atoms with Crippen molar-refractivity contribution in [3.05, 3.63) is 36.4 Å². The number of pyridine rings is 1. The predicted molar refractivity (Wildman–Crippen MR) is 90.0 cm³/mol. The largest absolute Gasteiger partial charge is 0.358 e. The van der Waals surface area contributed by atoms with Crippen LogP contribution in [0.1, 0.15) is 13.8 Å². The van der Waals surface area contributed by atoms with E-state index < -0.39 is 0 Å². The molecule has 22 heavy (non-hydrogen) atoms. The molecule has 0 fully saturated rings. The fourth-order valence-corrected chi connectivity index (χ4v) is 2.22. The number of nitrogens with one attached hydrogen (secondary N) is 2. The molecular weight excluding hydrogens is 324 g/mol. The fourth-order valence-electron chi connectivity index (χ4n) is 1.58. The van der Waals surface area contributed by atoms with Gasteiger partial charge in [0.25, 0.3) is 0 Å². The lowest BCUT2D eigenvalue weighted by molar-refractivity contribution is -0.126. The minimum absolute atomic E-state index is 0.0115. The van der Waals surface area contributed by atoms with E-state index in [9.17, 15) is 9.59 Å². The van der Waals surface area contributed by atoms with Gasteiger partial charge in [-0.25, -0.2) is 0 Å². The number of allylic oxidation sites excluding steroid dienone is 1. The first-order valence-corrected chi connectivity index (χ1v) is 7.87. The van der Waals surface area contributed by atoms with Gasteiger partial charge in [0.2, 0.25) is 5.91 Å².